The summed E-state index contributed by atoms with van der Waals surface area (Å²) in [5.41, 5.74) is 5.63. The highest BCUT2D eigenvalue weighted by Crippen LogP contribution is 2.17. The fraction of sp³-hybridized carbons (Fsp3) is 1.00. The predicted molar refractivity (Wildman–Crippen MR) is 38.6 cm³/mol. The van der Waals surface area contributed by atoms with E-state index in [9.17, 15) is 5.11 Å². The van der Waals surface area contributed by atoms with Crippen molar-refractivity contribution in [2.24, 2.45) is 5.73 Å². The Morgan fingerprint density at radius 3 is 2.60 bits per heavy atom. The quantitative estimate of drug-likeness (QED) is 0.499. The third-order valence-electron chi connectivity index (χ3n) is 1.97. The van der Waals surface area contributed by atoms with Crippen molar-refractivity contribution in [3.8, 4) is 0 Å². The van der Waals surface area contributed by atoms with Gasteiger partial charge in [-0.15, -0.1) is 0 Å². The molecule has 0 spiro atoms. The Balaban J connectivity index is 2.49. The van der Waals surface area contributed by atoms with Gasteiger partial charge in [0.05, 0.1) is 18.3 Å². The van der Waals surface area contributed by atoms with Gasteiger partial charge in [-0.05, 0) is 20.3 Å². The molecule has 0 amide bonds. The lowest BCUT2D eigenvalue weighted by Crippen LogP contribution is -2.50. The Morgan fingerprint density at radius 2 is 2.10 bits per heavy atom. The Kier molecular flexibility index (Phi) is 2.28. The van der Waals surface area contributed by atoms with E-state index in [1.165, 1.54) is 0 Å². The van der Waals surface area contributed by atoms with Gasteiger partial charge >= 0.3 is 0 Å². The molecule has 3 heteroatoms. The smallest absolute Gasteiger partial charge is 0.0950 e. The van der Waals surface area contributed by atoms with Gasteiger partial charge in [0.25, 0.3) is 0 Å². The van der Waals surface area contributed by atoms with E-state index in [1.54, 1.807) is 0 Å². The molecule has 0 aliphatic carbocycles. The number of rotatable bonds is 0. The lowest BCUT2D eigenvalue weighted by molar-refractivity contribution is -0.110. The minimum Gasteiger partial charge on any atom is -0.389 e. The summed E-state index contributed by atoms with van der Waals surface area (Å²) in [7, 11) is 0. The summed E-state index contributed by atoms with van der Waals surface area (Å²) in [4.78, 5) is 0. The van der Waals surface area contributed by atoms with Crippen LogP contribution in [0.2, 0.25) is 0 Å². The molecule has 1 aliphatic heterocycles. The van der Waals surface area contributed by atoms with E-state index < -0.39 is 6.10 Å². The molecule has 1 heterocycles. The summed E-state index contributed by atoms with van der Waals surface area (Å²) in [5, 5.41) is 9.31. The zero-order chi connectivity index (χ0) is 7.72. The fourth-order valence-corrected chi connectivity index (χ4v) is 1.37. The van der Waals surface area contributed by atoms with Crippen LogP contribution in [0.5, 0.6) is 0 Å². The maximum Gasteiger partial charge on any atom is 0.0950 e. The zero-order valence-electron chi connectivity index (χ0n) is 6.45. The summed E-state index contributed by atoms with van der Waals surface area (Å²) >= 11 is 0. The second-order valence-electron chi connectivity index (χ2n) is 3.04. The lowest BCUT2D eigenvalue weighted by atomic mass is 9.98. The number of aliphatic hydroxyl groups excluding tert-OH is 1. The van der Waals surface area contributed by atoms with Crippen LogP contribution in [0.4, 0.5) is 0 Å². The first kappa shape index (κ1) is 7.98. The van der Waals surface area contributed by atoms with Gasteiger partial charge in [0.15, 0.2) is 0 Å². The molecule has 0 saturated carbocycles. The van der Waals surface area contributed by atoms with Crippen molar-refractivity contribution in [3.63, 3.8) is 0 Å². The third kappa shape index (κ3) is 1.48. The molecule has 0 bridgehead atoms. The molecule has 1 fully saturated rings. The molecule has 1 saturated heterocycles. The fourth-order valence-electron chi connectivity index (χ4n) is 1.37. The summed E-state index contributed by atoms with van der Waals surface area (Å²) in [6.45, 7) is 3.82. The van der Waals surface area contributed by atoms with E-state index in [-0.39, 0.29) is 18.2 Å². The molecule has 0 aromatic heterocycles. The molecule has 3 N–H and O–H groups in total. The molecule has 0 aromatic rings. The van der Waals surface area contributed by atoms with Crippen LogP contribution >= 0.6 is 0 Å². The van der Waals surface area contributed by atoms with Gasteiger partial charge in [-0.25, -0.2) is 0 Å². The first-order valence-corrected chi connectivity index (χ1v) is 3.70. The molecule has 1 rings (SSSR count). The molecule has 60 valence electrons. The van der Waals surface area contributed by atoms with Crippen LogP contribution in [0.25, 0.3) is 0 Å². The minimum absolute atomic E-state index is 0.112. The van der Waals surface area contributed by atoms with Crippen molar-refractivity contribution in [3.05, 3.63) is 0 Å². The molecule has 1 aliphatic rings. The van der Waals surface area contributed by atoms with Crippen molar-refractivity contribution in [1.82, 2.24) is 0 Å². The predicted octanol–water partition coefficient (Wildman–Crippen LogP) is -0.128. The Hall–Kier alpha value is -0.120. The van der Waals surface area contributed by atoms with Crippen molar-refractivity contribution >= 4 is 0 Å². The van der Waals surface area contributed by atoms with Crippen molar-refractivity contribution in [2.45, 2.75) is 44.6 Å². The molecule has 0 radical (unpaired) electrons. The first-order chi connectivity index (χ1) is 4.61. The van der Waals surface area contributed by atoms with Gasteiger partial charge in [0.2, 0.25) is 0 Å². The highest BCUT2D eigenvalue weighted by molar-refractivity contribution is 4.84. The van der Waals surface area contributed by atoms with Crippen LogP contribution in [0, 0.1) is 0 Å². The average molecular weight is 145 g/mol. The number of hydrogen-bond donors (Lipinski definition) is 2. The SMILES string of the molecule is CC1O[C@H](C)CC(N)[C@@H]1O. The van der Waals surface area contributed by atoms with Crippen LogP contribution in [0.3, 0.4) is 0 Å². The number of aliphatic hydroxyl groups is 1. The summed E-state index contributed by atoms with van der Waals surface area (Å²) in [6.07, 6.45) is 0.342. The Bertz CT molecular complexity index is 106. The van der Waals surface area contributed by atoms with Crippen LogP contribution < -0.4 is 5.73 Å². The third-order valence-corrected chi connectivity index (χ3v) is 1.97. The van der Waals surface area contributed by atoms with Gasteiger partial charge in [0, 0.05) is 6.04 Å². The molecule has 3 nitrogen and oxygen atoms in total. The van der Waals surface area contributed by atoms with E-state index in [0.717, 1.165) is 6.42 Å². The van der Waals surface area contributed by atoms with Gasteiger partial charge in [-0.1, -0.05) is 0 Å². The monoisotopic (exact) mass is 145 g/mol. The van der Waals surface area contributed by atoms with Gasteiger partial charge in [-0.3, -0.25) is 0 Å². The van der Waals surface area contributed by atoms with E-state index in [4.69, 9.17) is 10.5 Å². The van der Waals surface area contributed by atoms with Crippen LogP contribution in [-0.2, 0) is 4.74 Å². The normalized spacial score (nSPS) is 49.2. The second-order valence-corrected chi connectivity index (χ2v) is 3.04. The number of ether oxygens (including phenoxy) is 1. The Morgan fingerprint density at radius 1 is 1.50 bits per heavy atom. The summed E-state index contributed by atoms with van der Waals surface area (Å²) < 4.78 is 5.34. The molecular weight excluding hydrogens is 130 g/mol. The van der Waals surface area contributed by atoms with Gasteiger partial charge in [-0.2, -0.15) is 0 Å². The standard InChI is InChI=1S/C7H15NO2/c1-4-3-6(8)7(9)5(2)10-4/h4-7,9H,3,8H2,1-2H3/t4-,5?,6?,7-/m1/s1. The number of hydrogen-bond acceptors (Lipinski definition) is 3. The molecular formula is C7H15NO2. The largest absolute Gasteiger partial charge is 0.389 e. The second kappa shape index (κ2) is 2.86. The van der Waals surface area contributed by atoms with E-state index in [1.807, 2.05) is 13.8 Å². The topological polar surface area (TPSA) is 55.5 Å². The summed E-state index contributed by atoms with van der Waals surface area (Å²) in [6, 6.07) is -0.112. The summed E-state index contributed by atoms with van der Waals surface area (Å²) in [5.74, 6) is 0. The van der Waals surface area contributed by atoms with Gasteiger partial charge in [0.1, 0.15) is 0 Å². The molecule has 10 heavy (non-hydrogen) atoms. The first-order valence-electron chi connectivity index (χ1n) is 3.70. The highest BCUT2D eigenvalue weighted by Gasteiger charge is 2.30. The maximum absolute atomic E-state index is 9.31. The zero-order valence-corrected chi connectivity index (χ0v) is 6.45. The van der Waals surface area contributed by atoms with E-state index in [2.05, 4.69) is 0 Å². The average Bonchev–Trinajstić information content (AvgIpc) is 1.82. The van der Waals surface area contributed by atoms with Gasteiger partial charge < -0.3 is 15.6 Å². The molecule has 2 unspecified atom stereocenters. The highest BCUT2D eigenvalue weighted by atomic mass is 16.5. The van der Waals surface area contributed by atoms with Crippen molar-refractivity contribution in [1.29, 1.82) is 0 Å². The van der Waals surface area contributed by atoms with Crippen molar-refractivity contribution < 1.29 is 9.84 Å². The molecule has 4 atom stereocenters. The van der Waals surface area contributed by atoms with Crippen LogP contribution in [-0.4, -0.2) is 29.5 Å². The maximum atomic E-state index is 9.31. The minimum atomic E-state index is -0.490. The Labute approximate surface area is 61.2 Å². The van der Waals surface area contributed by atoms with Crippen LogP contribution in [0.1, 0.15) is 20.3 Å². The number of nitrogens with two attached hydrogens (primary N) is 1. The van der Waals surface area contributed by atoms with E-state index in [0.29, 0.717) is 0 Å². The lowest BCUT2D eigenvalue weighted by Gasteiger charge is -2.34. The molecule has 0 aromatic carbocycles. The van der Waals surface area contributed by atoms with Crippen LogP contribution in [0.15, 0.2) is 0 Å². The van der Waals surface area contributed by atoms with E-state index >= 15 is 0 Å². The van der Waals surface area contributed by atoms with Crippen molar-refractivity contribution in [2.75, 3.05) is 0 Å².